The normalized spacial score (nSPS) is 13.9. The van der Waals surface area contributed by atoms with E-state index >= 15 is 0 Å². The van der Waals surface area contributed by atoms with E-state index in [4.69, 9.17) is 9.47 Å². The highest BCUT2D eigenvalue weighted by Gasteiger charge is 2.34. The van der Waals surface area contributed by atoms with E-state index < -0.39 is 11.5 Å². The van der Waals surface area contributed by atoms with Gasteiger partial charge in [-0.3, -0.25) is 4.79 Å². The highest BCUT2D eigenvalue weighted by molar-refractivity contribution is 5.87. The topological polar surface area (TPSA) is 64.6 Å². The van der Waals surface area contributed by atoms with Crippen LogP contribution >= 0.6 is 0 Å². The van der Waals surface area contributed by atoms with Gasteiger partial charge in [0.25, 0.3) is 0 Å². The number of hydrogen-bond acceptors (Lipinski definition) is 4. The minimum Gasteiger partial charge on any atom is -0.467 e. The molecule has 5 heteroatoms. The molecule has 0 saturated heterocycles. The van der Waals surface area contributed by atoms with Gasteiger partial charge in [-0.05, 0) is 19.8 Å². The highest BCUT2D eigenvalue weighted by atomic mass is 16.5. The first-order valence-electron chi connectivity index (χ1n) is 5.88. The Balaban J connectivity index is 4.33. The molecule has 17 heavy (non-hydrogen) atoms. The molecule has 1 amide bonds. The van der Waals surface area contributed by atoms with Crippen LogP contribution in [0.5, 0.6) is 0 Å². The van der Waals surface area contributed by atoms with Crippen molar-refractivity contribution < 1.29 is 19.1 Å². The van der Waals surface area contributed by atoms with Crippen molar-refractivity contribution in [2.75, 3.05) is 20.8 Å². The van der Waals surface area contributed by atoms with Gasteiger partial charge >= 0.3 is 5.97 Å². The number of carbonyl (C=O) groups is 2. The quantitative estimate of drug-likeness (QED) is 0.516. The van der Waals surface area contributed by atoms with Gasteiger partial charge in [0, 0.05) is 20.1 Å². The van der Waals surface area contributed by atoms with Gasteiger partial charge in [0.1, 0.15) is 5.54 Å². The van der Waals surface area contributed by atoms with Gasteiger partial charge < -0.3 is 14.8 Å². The van der Waals surface area contributed by atoms with Crippen molar-refractivity contribution in [3.05, 3.63) is 0 Å². The number of nitrogens with one attached hydrogen (secondary N) is 1. The smallest absolute Gasteiger partial charge is 0.331 e. The summed E-state index contributed by atoms with van der Waals surface area (Å²) in [4.78, 5) is 23.3. The minimum absolute atomic E-state index is 0.150. The second-order valence-corrected chi connectivity index (χ2v) is 4.22. The molecular weight excluding hydrogens is 222 g/mol. The molecule has 1 atom stereocenters. The second-order valence-electron chi connectivity index (χ2n) is 4.22. The van der Waals surface area contributed by atoms with Crippen LogP contribution in [0.1, 0.15) is 39.5 Å². The summed E-state index contributed by atoms with van der Waals surface area (Å²) >= 11 is 0. The van der Waals surface area contributed by atoms with Gasteiger partial charge in [0.2, 0.25) is 5.91 Å². The lowest BCUT2D eigenvalue weighted by Crippen LogP contribution is -2.52. The number of carbonyl (C=O) groups excluding carboxylic acids is 2. The summed E-state index contributed by atoms with van der Waals surface area (Å²) in [5, 5.41) is 2.73. The first-order valence-corrected chi connectivity index (χ1v) is 5.88. The molecule has 0 heterocycles. The maximum Gasteiger partial charge on any atom is 0.331 e. The Bertz CT molecular complexity index is 255. The van der Waals surface area contributed by atoms with Crippen molar-refractivity contribution in [1.29, 1.82) is 0 Å². The van der Waals surface area contributed by atoms with Crippen LogP contribution in [0.2, 0.25) is 0 Å². The highest BCUT2D eigenvalue weighted by Crippen LogP contribution is 2.14. The third-order valence-corrected chi connectivity index (χ3v) is 2.55. The molecule has 0 aromatic heterocycles. The van der Waals surface area contributed by atoms with Crippen LogP contribution in [0.3, 0.4) is 0 Å². The van der Waals surface area contributed by atoms with E-state index in [0.717, 1.165) is 6.42 Å². The van der Waals surface area contributed by atoms with E-state index in [1.807, 2.05) is 6.92 Å². The van der Waals surface area contributed by atoms with Crippen molar-refractivity contribution in [3.8, 4) is 0 Å². The summed E-state index contributed by atoms with van der Waals surface area (Å²) in [7, 11) is 2.92. The van der Waals surface area contributed by atoms with Crippen LogP contribution in [0, 0.1) is 0 Å². The Kier molecular flexibility index (Phi) is 7.54. The summed E-state index contributed by atoms with van der Waals surface area (Å²) in [6, 6.07) is 0. The lowest BCUT2D eigenvalue weighted by Gasteiger charge is -2.27. The van der Waals surface area contributed by atoms with Crippen LogP contribution in [0.25, 0.3) is 0 Å². The third kappa shape index (κ3) is 5.68. The molecule has 0 spiro atoms. The second kappa shape index (κ2) is 8.06. The zero-order chi connectivity index (χ0) is 13.3. The molecule has 0 fully saturated rings. The molecule has 5 nitrogen and oxygen atoms in total. The van der Waals surface area contributed by atoms with Crippen LogP contribution in [0.15, 0.2) is 0 Å². The number of amides is 1. The first-order chi connectivity index (χ1) is 8.00. The van der Waals surface area contributed by atoms with E-state index in [1.165, 1.54) is 7.11 Å². The van der Waals surface area contributed by atoms with Crippen molar-refractivity contribution in [1.82, 2.24) is 5.32 Å². The summed E-state index contributed by atoms with van der Waals surface area (Å²) in [6.07, 6.45) is 2.36. The molecule has 0 bridgehead atoms. The predicted molar refractivity (Wildman–Crippen MR) is 64.6 cm³/mol. The molecule has 0 saturated carbocycles. The van der Waals surface area contributed by atoms with E-state index in [9.17, 15) is 9.59 Å². The van der Waals surface area contributed by atoms with Crippen LogP contribution in [-0.4, -0.2) is 38.2 Å². The molecule has 1 unspecified atom stereocenters. The van der Waals surface area contributed by atoms with Crippen LogP contribution < -0.4 is 5.32 Å². The van der Waals surface area contributed by atoms with E-state index in [1.54, 1.807) is 14.0 Å². The predicted octanol–water partition coefficient (Wildman–Crippen LogP) is 1.26. The average molecular weight is 245 g/mol. The molecule has 100 valence electrons. The van der Waals surface area contributed by atoms with E-state index in [0.29, 0.717) is 25.9 Å². The Labute approximate surface area is 103 Å². The maximum absolute atomic E-state index is 11.7. The number of hydrogen-bond donors (Lipinski definition) is 1. The van der Waals surface area contributed by atoms with Crippen LogP contribution in [-0.2, 0) is 19.1 Å². The molecule has 1 N–H and O–H groups in total. The van der Waals surface area contributed by atoms with Gasteiger partial charge in [0.15, 0.2) is 0 Å². The molecular formula is C12H23NO4. The van der Waals surface area contributed by atoms with Crippen molar-refractivity contribution in [2.24, 2.45) is 0 Å². The van der Waals surface area contributed by atoms with E-state index in [2.05, 4.69) is 5.32 Å². The van der Waals surface area contributed by atoms with Crippen molar-refractivity contribution in [3.63, 3.8) is 0 Å². The monoisotopic (exact) mass is 245 g/mol. The standard InChI is InChI=1S/C12H23NO4/c1-5-8-12(2,11(15)17-4)13-10(14)7-6-9-16-3/h5-9H2,1-4H3,(H,13,14). The third-order valence-electron chi connectivity index (χ3n) is 2.55. The van der Waals surface area contributed by atoms with Gasteiger partial charge in [-0.15, -0.1) is 0 Å². The largest absolute Gasteiger partial charge is 0.467 e. The fourth-order valence-electron chi connectivity index (χ4n) is 1.69. The summed E-state index contributed by atoms with van der Waals surface area (Å²) in [6.45, 7) is 4.19. The zero-order valence-corrected chi connectivity index (χ0v) is 11.2. The molecule has 0 aromatic carbocycles. The molecule has 0 aromatic rings. The number of esters is 1. The molecule has 0 aliphatic rings. The van der Waals surface area contributed by atoms with Gasteiger partial charge in [0.05, 0.1) is 7.11 Å². The average Bonchev–Trinajstić information content (AvgIpc) is 2.28. The summed E-state index contributed by atoms with van der Waals surface area (Å²) in [5.41, 5.74) is -0.923. The SMILES string of the molecule is CCCC(C)(NC(=O)CCCOC)C(=O)OC. The number of methoxy groups -OCH3 is 2. The van der Waals surface area contributed by atoms with Gasteiger partial charge in [-0.1, -0.05) is 13.3 Å². The van der Waals surface area contributed by atoms with E-state index in [-0.39, 0.29) is 5.91 Å². The fraction of sp³-hybridized carbons (Fsp3) is 0.833. The number of rotatable bonds is 8. The van der Waals surface area contributed by atoms with Gasteiger partial charge in [-0.2, -0.15) is 0 Å². The number of ether oxygens (including phenoxy) is 2. The lowest BCUT2D eigenvalue weighted by atomic mass is 9.96. The first kappa shape index (κ1) is 15.9. The Morgan fingerprint density at radius 2 is 1.94 bits per heavy atom. The molecule has 0 aliphatic heterocycles. The minimum atomic E-state index is -0.923. The van der Waals surface area contributed by atoms with Crippen molar-refractivity contribution >= 4 is 11.9 Å². The lowest BCUT2D eigenvalue weighted by molar-refractivity contribution is -0.150. The summed E-state index contributed by atoms with van der Waals surface area (Å²) in [5.74, 6) is -0.553. The van der Waals surface area contributed by atoms with Gasteiger partial charge in [-0.25, -0.2) is 4.79 Å². The Morgan fingerprint density at radius 1 is 1.29 bits per heavy atom. The summed E-state index contributed by atoms with van der Waals surface area (Å²) < 4.78 is 9.58. The zero-order valence-electron chi connectivity index (χ0n) is 11.2. The Hall–Kier alpha value is -1.10. The maximum atomic E-state index is 11.7. The van der Waals surface area contributed by atoms with Crippen molar-refractivity contribution in [2.45, 2.75) is 45.1 Å². The Morgan fingerprint density at radius 3 is 2.41 bits per heavy atom. The fourth-order valence-corrected chi connectivity index (χ4v) is 1.69. The molecule has 0 aliphatic carbocycles. The van der Waals surface area contributed by atoms with Crippen LogP contribution in [0.4, 0.5) is 0 Å². The molecule has 0 rings (SSSR count). The molecule has 0 radical (unpaired) electrons.